The van der Waals surface area contributed by atoms with Gasteiger partial charge < -0.3 is 9.13 Å². The van der Waals surface area contributed by atoms with Crippen LogP contribution in [-0.4, -0.2) is 19.1 Å². The van der Waals surface area contributed by atoms with Crippen LogP contribution >= 0.6 is 0 Å². The number of aromatic nitrogens is 4. The highest BCUT2D eigenvalue weighted by Gasteiger charge is 2.17. The Balaban J connectivity index is 1.11. The van der Waals surface area contributed by atoms with Crippen molar-refractivity contribution < 1.29 is 0 Å². The average molecular weight is 667 g/mol. The molecule has 0 saturated heterocycles. The Morgan fingerprint density at radius 1 is 0.365 bits per heavy atom. The molecular weight excluding hydrogens is 633 g/mol. The Labute approximate surface area is 301 Å². The zero-order valence-corrected chi connectivity index (χ0v) is 29.0. The zero-order valence-electron chi connectivity index (χ0n) is 29.0. The minimum absolute atomic E-state index is 0.736. The molecule has 0 spiro atoms. The maximum atomic E-state index is 5.14. The van der Waals surface area contributed by atoms with E-state index in [1.807, 2.05) is 0 Å². The zero-order chi connectivity index (χ0) is 34.8. The molecule has 0 aliphatic heterocycles. The smallest absolute Gasteiger partial charge is 0.160 e. The van der Waals surface area contributed by atoms with Gasteiger partial charge in [0.2, 0.25) is 0 Å². The molecule has 0 aliphatic carbocycles. The van der Waals surface area contributed by atoms with Crippen molar-refractivity contribution in [3.05, 3.63) is 181 Å². The van der Waals surface area contributed by atoms with Crippen LogP contribution in [0.4, 0.5) is 0 Å². The van der Waals surface area contributed by atoms with Crippen molar-refractivity contribution in [2.45, 2.75) is 13.8 Å². The van der Waals surface area contributed by atoms with Gasteiger partial charge in [-0.25, -0.2) is 9.97 Å². The normalized spacial score (nSPS) is 11.7. The molecule has 246 valence electrons. The summed E-state index contributed by atoms with van der Waals surface area (Å²) in [7, 11) is 0. The summed E-state index contributed by atoms with van der Waals surface area (Å²) >= 11 is 0. The molecule has 3 heterocycles. The molecule has 52 heavy (non-hydrogen) atoms. The minimum Gasteiger partial charge on any atom is -0.309 e. The molecule has 7 aromatic carbocycles. The molecule has 0 atom stereocenters. The molecule has 0 unspecified atom stereocenters. The highest BCUT2D eigenvalue weighted by molar-refractivity contribution is 6.12. The van der Waals surface area contributed by atoms with Crippen LogP contribution < -0.4 is 0 Å². The SMILES string of the molecule is Cc1ccccc1-c1cc(-c2ccc(-n3c4ccccc4c4cc(-n5c6ccccc6c6ccccc65)ccc43)cc2)nc(-c2ccccc2C)n1. The highest BCUT2D eigenvalue weighted by Crippen LogP contribution is 2.37. The minimum atomic E-state index is 0.736. The Bertz CT molecular complexity index is 2860. The van der Waals surface area contributed by atoms with E-state index in [9.17, 15) is 0 Å². The lowest BCUT2D eigenvalue weighted by molar-refractivity contribution is 1.16. The average Bonchev–Trinajstić information content (AvgIpc) is 3.71. The fraction of sp³-hybridized carbons (Fsp3) is 0.0417. The second-order valence-corrected chi connectivity index (χ2v) is 13.6. The van der Waals surface area contributed by atoms with E-state index in [1.165, 1.54) is 49.2 Å². The van der Waals surface area contributed by atoms with Gasteiger partial charge >= 0.3 is 0 Å². The maximum Gasteiger partial charge on any atom is 0.160 e. The molecule has 0 saturated carbocycles. The van der Waals surface area contributed by atoms with Crippen LogP contribution in [0.2, 0.25) is 0 Å². The van der Waals surface area contributed by atoms with Crippen LogP contribution in [0.25, 0.3) is 88.9 Å². The quantitative estimate of drug-likeness (QED) is 0.183. The summed E-state index contributed by atoms with van der Waals surface area (Å²) in [5, 5.41) is 4.98. The van der Waals surface area contributed by atoms with Gasteiger partial charge in [-0.1, -0.05) is 115 Å². The number of para-hydroxylation sites is 3. The highest BCUT2D eigenvalue weighted by atomic mass is 15.0. The van der Waals surface area contributed by atoms with Gasteiger partial charge in [-0.05, 0) is 79.6 Å². The van der Waals surface area contributed by atoms with E-state index >= 15 is 0 Å². The Morgan fingerprint density at radius 2 is 0.827 bits per heavy atom. The standard InChI is InChI=1S/C48H34N4/c1-31-13-3-5-15-36(31)43-30-42(49-48(50-43)37-16-6-4-14-32(37)2)33-23-25-34(26-24-33)51-46-22-12-9-19-40(46)41-29-35(27-28-47(41)51)52-44-20-10-7-17-38(44)39-18-8-11-21-45(39)52/h3-30H,1-2H3. The lowest BCUT2D eigenvalue weighted by Gasteiger charge is -2.13. The Hall–Kier alpha value is -6.78. The molecule has 10 aromatic rings. The number of hydrogen-bond acceptors (Lipinski definition) is 2. The third kappa shape index (κ3) is 4.76. The third-order valence-electron chi connectivity index (χ3n) is 10.4. The number of rotatable bonds is 5. The van der Waals surface area contributed by atoms with Crippen molar-refractivity contribution in [2.24, 2.45) is 0 Å². The molecule has 0 fully saturated rings. The number of hydrogen-bond donors (Lipinski definition) is 0. The maximum absolute atomic E-state index is 5.14. The van der Waals surface area contributed by atoms with Crippen molar-refractivity contribution in [3.8, 4) is 45.3 Å². The van der Waals surface area contributed by atoms with E-state index in [0.717, 1.165) is 50.8 Å². The Kier molecular flexibility index (Phi) is 6.90. The second-order valence-electron chi connectivity index (χ2n) is 13.6. The van der Waals surface area contributed by atoms with Gasteiger partial charge in [-0.3, -0.25) is 0 Å². The van der Waals surface area contributed by atoms with Crippen LogP contribution in [0.3, 0.4) is 0 Å². The summed E-state index contributed by atoms with van der Waals surface area (Å²) in [6.45, 7) is 4.25. The number of nitrogens with zero attached hydrogens (tertiary/aromatic N) is 4. The molecule has 4 heteroatoms. The van der Waals surface area contributed by atoms with Gasteiger partial charge in [0.15, 0.2) is 5.82 Å². The van der Waals surface area contributed by atoms with Gasteiger partial charge in [0.1, 0.15) is 0 Å². The second kappa shape index (κ2) is 11.9. The van der Waals surface area contributed by atoms with Gasteiger partial charge in [0.05, 0.1) is 33.5 Å². The molecule has 0 radical (unpaired) electrons. The van der Waals surface area contributed by atoms with E-state index in [-0.39, 0.29) is 0 Å². The summed E-state index contributed by atoms with van der Waals surface area (Å²) in [4.78, 5) is 10.2. The third-order valence-corrected chi connectivity index (χ3v) is 10.4. The molecule has 0 bridgehead atoms. The molecular formula is C48H34N4. The van der Waals surface area contributed by atoms with Crippen molar-refractivity contribution >= 4 is 43.6 Å². The van der Waals surface area contributed by atoms with Gasteiger partial charge in [-0.2, -0.15) is 0 Å². The van der Waals surface area contributed by atoms with Crippen LogP contribution in [0.15, 0.2) is 170 Å². The monoisotopic (exact) mass is 666 g/mol. The summed E-state index contributed by atoms with van der Waals surface area (Å²) in [5.41, 5.74) is 14.4. The summed E-state index contributed by atoms with van der Waals surface area (Å²) < 4.78 is 4.77. The van der Waals surface area contributed by atoms with Crippen molar-refractivity contribution in [1.82, 2.24) is 19.1 Å². The van der Waals surface area contributed by atoms with E-state index < -0.39 is 0 Å². The number of fused-ring (bicyclic) bond motifs is 6. The molecule has 0 N–H and O–H groups in total. The summed E-state index contributed by atoms with van der Waals surface area (Å²) in [5.74, 6) is 0.736. The topological polar surface area (TPSA) is 35.6 Å². The van der Waals surface area contributed by atoms with E-state index in [1.54, 1.807) is 0 Å². The van der Waals surface area contributed by atoms with Gasteiger partial charge in [-0.15, -0.1) is 0 Å². The molecule has 0 amide bonds. The van der Waals surface area contributed by atoms with Crippen LogP contribution in [0.5, 0.6) is 0 Å². The Morgan fingerprint density at radius 3 is 1.44 bits per heavy atom. The van der Waals surface area contributed by atoms with E-state index in [2.05, 4.69) is 193 Å². The van der Waals surface area contributed by atoms with Crippen LogP contribution in [-0.2, 0) is 0 Å². The lowest BCUT2D eigenvalue weighted by Crippen LogP contribution is -1.98. The molecule has 10 rings (SSSR count). The van der Waals surface area contributed by atoms with E-state index in [0.29, 0.717) is 0 Å². The largest absolute Gasteiger partial charge is 0.309 e. The first-order valence-electron chi connectivity index (χ1n) is 17.8. The van der Waals surface area contributed by atoms with Crippen molar-refractivity contribution in [2.75, 3.05) is 0 Å². The number of aryl methyl sites for hydroxylation is 2. The predicted octanol–water partition coefficient (Wildman–Crippen LogP) is 12.3. The number of benzene rings is 7. The van der Waals surface area contributed by atoms with Crippen LogP contribution in [0.1, 0.15) is 11.1 Å². The van der Waals surface area contributed by atoms with E-state index in [4.69, 9.17) is 9.97 Å². The summed E-state index contributed by atoms with van der Waals surface area (Å²) in [6, 6.07) is 60.6. The fourth-order valence-corrected chi connectivity index (χ4v) is 7.90. The molecule has 4 nitrogen and oxygen atoms in total. The first kappa shape index (κ1) is 30.1. The van der Waals surface area contributed by atoms with Gasteiger partial charge in [0, 0.05) is 49.6 Å². The first-order valence-corrected chi connectivity index (χ1v) is 17.8. The van der Waals surface area contributed by atoms with Crippen LogP contribution in [0, 0.1) is 13.8 Å². The predicted molar refractivity (Wildman–Crippen MR) is 216 cm³/mol. The fourth-order valence-electron chi connectivity index (χ4n) is 7.90. The molecule has 0 aliphatic rings. The molecule has 3 aromatic heterocycles. The summed E-state index contributed by atoms with van der Waals surface area (Å²) in [6.07, 6.45) is 0. The first-order chi connectivity index (χ1) is 25.6. The van der Waals surface area contributed by atoms with Crippen molar-refractivity contribution in [1.29, 1.82) is 0 Å². The van der Waals surface area contributed by atoms with Gasteiger partial charge in [0.25, 0.3) is 0 Å². The lowest BCUT2D eigenvalue weighted by atomic mass is 10.0. The van der Waals surface area contributed by atoms with Crippen molar-refractivity contribution in [3.63, 3.8) is 0 Å².